The van der Waals surface area contributed by atoms with E-state index in [-0.39, 0.29) is 6.03 Å². The smallest absolute Gasteiger partial charge is 0.324 e. The molecule has 234 valence electrons. The predicted molar refractivity (Wildman–Crippen MR) is 189 cm³/mol. The van der Waals surface area contributed by atoms with Crippen LogP contribution in [-0.2, 0) is 18.6 Å². The molecule has 5 aromatic carbocycles. The lowest BCUT2D eigenvalue weighted by molar-refractivity contribution is 0.225. The number of amides is 2. The van der Waals surface area contributed by atoms with Crippen LogP contribution in [0, 0.1) is 0 Å². The molecular formula is C40H32N6O2. The first-order chi connectivity index (χ1) is 23.6. The summed E-state index contributed by atoms with van der Waals surface area (Å²) in [5.41, 5.74) is 6.91. The van der Waals surface area contributed by atoms with Crippen LogP contribution in [0.3, 0.4) is 0 Å². The van der Waals surface area contributed by atoms with Crippen LogP contribution in [0.5, 0.6) is 5.75 Å². The maximum absolute atomic E-state index is 13.9. The molecule has 8 heteroatoms. The van der Waals surface area contributed by atoms with Crippen molar-refractivity contribution < 1.29 is 9.53 Å². The highest BCUT2D eigenvalue weighted by Crippen LogP contribution is 2.43. The van der Waals surface area contributed by atoms with Crippen molar-refractivity contribution in [1.82, 2.24) is 19.8 Å². The van der Waals surface area contributed by atoms with Gasteiger partial charge in [-0.2, -0.15) is 0 Å². The predicted octanol–water partition coefficient (Wildman–Crippen LogP) is 7.81. The van der Waals surface area contributed by atoms with Crippen LogP contribution in [0.25, 0.3) is 22.3 Å². The third kappa shape index (κ3) is 5.13. The minimum Gasteiger partial charge on any atom is -0.497 e. The number of hydrogen-bond acceptors (Lipinski definition) is 5. The van der Waals surface area contributed by atoms with Gasteiger partial charge in [-0.1, -0.05) is 121 Å². The lowest BCUT2D eigenvalue weighted by atomic mass is 9.85. The van der Waals surface area contributed by atoms with E-state index in [2.05, 4.69) is 78.1 Å². The van der Waals surface area contributed by atoms with Gasteiger partial charge < -0.3 is 14.6 Å². The molecule has 1 atom stereocenters. The van der Waals surface area contributed by atoms with E-state index in [9.17, 15) is 4.79 Å². The second-order valence-corrected chi connectivity index (χ2v) is 11.9. The molecule has 2 aliphatic rings. The van der Waals surface area contributed by atoms with Gasteiger partial charge in [-0.15, -0.1) is 0 Å². The number of aliphatic imine (C=N–C) groups is 2. The molecule has 0 saturated carbocycles. The maximum atomic E-state index is 13.9. The molecular weight excluding hydrogens is 596 g/mol. The third-order valence-corrected chi connectivity index (χ3v) is 8.99. The number of urea groups is 1. The van der Waals surface area contributed by atoms with Gasteiger partial charge in [0.15, 0.2) is 17.2 Å². The van der Waals surface area contributed by atoms with Crippen molar-refractivity contribution in [2.75, 3.05) is 7.11 Å². The Bertz CT molecular complexity index is 2140. The van der Waals surface area contributed by atoms with Crippen LogP contribution in [0.4, 0.5) is 10.6 Å². The van der Waals surface area contributed by atoms with Gasteiger partial charge in [0.05, 0.1) is 26.5 Å². The number of rotatable bonds is 8. The molecule has 8 nitrogen and oxygen atoms in total. The van der Waals surface area contributed by atoms with Crippen LogP contribution in [0.15, 0.2) is 150 Å². The second kappa shape index (κ2) is 12.1. The van der Waals surface area contributed by atoms with Crippen LogP contribution in [-0.4, -0.2) is 39.8 Å². The zero-order valence-corrected chi connectivity index (χ0v) is 26.3. The number of nitrogens with one attached hydrogen (secondary N) is 1. The number of aromatic nitrogens is 2. The largest absolute Gasteiger partial charge is 0.497 e. The highest BCUT2D eigenvalue weighted by atomic mass is 16.5. The first-order valence-corrected chi connectivity index (χ1v) is 15.8. The lowest BCUT2D eigenvalue weighted by Gasteiger charge is -2.28. The van der Waals surface area contributed by atoms with Crippen molar-refractivity contribution in [3.05, 3.63) is 162 Å². The summed E-state index contributed by atoms with van der Waals surface area (Å²) in [4.78, 5) is 30.2. The first-order valence-electron chi connectivity index (χ1n) is 15.8. The van der Waals surface area contributed by atoms with E-state index in [1.54, 1.807) is 18.3 Å². The Morgan fingerprint density at radius 1 is 0.688 bits per heavy atom. The number of benzene rings is 5. The minimum atomic E-state index is -1.17. The molecule has 1 unspecified atom stereocenters. The van der Waals surface area contributed by atoms with Gasteiger partial charge in [-0.25, -0.2) is 19.8 Å². The van der Waals surface area contributed by atoms with Gasteiger partial charge in [0, 0.05) is 0 Å². The SMILES string of the molecule is COc1ccc(C23NC(=O)N(Cc4ccc(-c5ccccc5)cc4)C2=NC=Nc2c3ncn2Cc2ccc(-c3ccccc3)cc2)cc1. The fourth-order valence-corrected chi connectivity index (χ4v) is 6.52. The number of imidazole rings is 1. The summed E-state index contributed by atoms with van der Waals surface area (Å²) >= 11 is 0. The Hall–Kier alpha value is -6.28. The average Bonchev–Trinajstić information content (AvgIpc) is 3.61. The van der Waals surface area contributed by atoms with Gasteiger partial charge in [0.2, 0.25) is 0 Å². The van der Waals surface area contributed by atoms with E-state index in [4.69, 9.17) is 19.7 Å². The molecule has 0 aliphatic carbocycles. The summed E-state index contributed by atoms with van der Waals surface area (Å²) in [7, 11) is 1.63. The Morgan fingerprint density at radius 2 is 1.25 bits per heavy atom. The van der Waals surface area contributed by atoms with Crippen molar-refractivity contribution in [2.45, 2.75) is 18.6 Å². The topological polar surface area (TPSA) is 84.1 Å². The summed E-state index contributed by atoms with van der Waals surface area (Å²) < 4.78 is 7.46. The summed E-state index contributed by atoms with van der Waals surface area (Å²) in [6.45, 7) is 0.878. The zero-order valence-electron chi connectivity index (χ0n) is 26.3. The maximum Gasteiger partial charge on any atom is 0.324 e. The highest BCUT2D eigenvalue weighted by Gasteiger charge is 2.55. The average molecular weight is 629 g/mol. The monoisotopic (exact) mass is 628 g/mol. The first kappa shape index (κ1) is 29.1. The van der Waals surface area contributed by atoms with E-state index in [1.807, 2.05) is 65.2 Å². The summed E-state index contributed by atoms with van der Waals surface area (Å²) in [6, 6.07) is 44.7. The molecule has 2 amide bonds. The van der Waals surface area contributed by atoms with Gasteiger partial charge >= 0.3 is 6.03 Å². The normalized spacial score (nSPS) is 16.5. The third-order valence-electron chi connectivity index (χ3n) is 8.99. The number of methoxy groups -OCH3 is 1. The molecule has 3 heterocycles. The van der Waals surface area contributed by atoms with E-state index in [0.29, 0.717) is 36.2 Å². The molecule has 1 saturated heterocycles. The van der Waals surface area contributed by atoms with E-state index in [1.165, 1.54) is 11.9 Å². The molecule has 1 aromatic heterocycles. The highest BCUT2D eigenvalue weighted by molar-refractivity contribution is 6.15. The molecule has 6 aromatic rings. The van der Waals surface area contributed by atoms with Gasteiger partial charge in [0.25, 0.3) is 0 Å². The number of fused-ring (bicyclic) bond motifs is 3. The number of ether oxygens (including phenoxy) is 1. The summed E-state index contributed by atoms with van der Waals surface area (Å²) in [5.74, 6) is 1.86. The Labute approximate surface area is 278 Å². The Kier molecular flexibility index (Phi) is 7.38. The molecule has 1 N–H and O–H groups in total. The summed E-state index contributed by atoms with van der Waals surface area (Å²) in [5, 5.41) is 3.29. The molecule has 1 fully saturated rings. The van der Waals surface area contributed by atoms with Crippen LogP contribution < -0.4 is 10.1 Å². The molecule has 8 rings (SSSR count). The molecule has 2 aliphatic heterocycles. The minimum absolute atomic E-state index is 0.260. The number of nitrogens with zero attached hydrogens (tertiary/aromatic N) is 5. The van der Waals surface area contributed by atoms with Gasteiger partial charge in [0.1, 0.15) is 17.8 Å². The molecule has 48 heavy (non-hydrogen) atoms. The number of amidine groups is 1. The van der Waals surface area contributed by atoms with Crippen molar-refractivity contribution in [1.29, 1.82) is 0 Å². The molecule has 0 spiro atoms. The standard InChI is InChI=1S/C40H32N6O2/c1-48-35-22-20-34(21-23-35)40-36-37(45(27-43-36)24-28-12-16-32(17-13-28)30-8-4-2-5-9-30)41-26-42-38(40)46(39(47)44-40)25-29-14-18-33(19-15-29)31-10-6-3-7-11-31/h2-23,26-27H,24-25H2,1H3,(H,44,47). The Morgan fingerprint density at radius 3 is 1.83 bits per heavy atom. The van der Waals surface area contributed by atoms with Crippen molar-refractivity contribution in [3.8, 4) is 28.0 Å². The van der Waals surface area contributed by atoms with Gasteiger partial charge in [-0.05, 0) is 51.1 Å². The van der Waals surface area contributed by atoms with Crippen molar-refractivity contribution in [2.24, 2.45) is 9.98 Å². The fourth-order valence-electron chi connectivity index (χ4n) is 6.52. The zero-order chi connectivity index (χ0) is 32.5. The Balaban J connectivity index is 1.15. The molecule has 0 radical (unpaired) electrons. The van der Waals surface area contributed by atoms with Crippen LogP contribution in [0.1, 0.15) is 22.4 Å². The summed E-state index contributed by atoms with van der Waals surface area (Å²) in [6.07, 6.45) is 3.32. The van der Waals surface area contributed by atoms with Crippen LogP contribution in [0.2, 0.25) is 0 Å². The van der Waals surface area contributed by atoms with E-state index < -0.39 is 5.54 Å². The van der Waals surface area contributed by atoms with Crippen molar-refractivity contribution in [3.63, 3.8) is 0 Å². The number of carbonyl (C=O) groups is 1. The lowest BCUT2D eigenvalue weighted by Crippen LogP contribution is -2.45. The van der Waals surface area contributed by atoms with Crippen LogP contribution >= 0.6 is 0 Å². The van der Waals surface area contributed by atoms with E-state index in [0.717, 1.165) is 33.4 Å². The van der Waals surface area contributed by atoms with Gasteiger partial charge in [-0.3, -0.25) is 4.90 Å². The quantitative estimate of drug-likeness (QED) is 0.187. The van der Waals surface area contributed by atoms with Crippen molar-refractivity contribution >= 4 is 24.0 Å². The number of hydrogen-bond donors (Lipinski definition) is 1. The number of carbonyl (C=O) groups excluding carboxylic acids is 1. The second-order valence-electron chi connectivity index (χ2n) is 11.9. The fraction of sp³-hybridized carbons (Fsp3) is 0.100. The molecule has 0 bridgehead atoms. The van der Waals surface area contributed by atoms with E-state index >= 15 is 0 Å².